The van der Waals surface area contributed by atoms with Crippen molar-refractivity contribution in [2.75, 3.05) is 0 Å². The number of carbonyl (C=O) groups is 1. The van der Waals surface area contributed by atoms with Gasteiger partial charge in [-0.2, -0.15) is 0 Å². The lowest BCUT2D eigenvalue weighted by Crippen LogP contribution is -2.41. The molecule has 1 unspecified atom stereocenters. The standard InChI is InChI=1S/C9H7BrClNO/c10-5-1-2-6(7(11)3-5)8-4-9(13)12-8/h1-3,8H,4H2,(H,12,13). The summed E-state index contributed by atoms with van der Waals surface area (Å²) < 4.78 is 0.951. The van der Waals surface area contributed by atoms with Gasteiger partial charge in [0.15, 0.2) is 0 Å². The number of benzene rings is 1. The van der Waals surface area contributed by atoms with Crippen molar-refractivity contribution in [2.24, 2.45) is 0 Å². The highest BCUT2D eigenvalue weighted by molar-refractivity contribution is 9.10. The minimum absolute atomic E-state index is 0.0870. The lowest BCUT2D eigenvalue weighted by molar-refractivity contribution is -0.128. The van der Waals surface area contributed by atoms with Crippen LogP contribution in [0.1, 0.15) is 18.0 Å². The Morgan fingerprint density at radius 3 is 2.77 bits per heavy atom. The molecule has 1 saturated heterocycles. The maximum absolute atomic E-state index is 10.7. The Bertz CT molecular complexity index is 359. The number of nitrogens with one attached hydrogen (secondary N) is 1. The normalized spacial score (nSPS) is 20.8. The van der Waals surface area contributed by atoms with Crippen LogP contribution in [0.15, 0.2) is 22.7 Å². The van der Waals surface area contributed by atoms with E-state index >= 15 is 0 Å². The van der Waals surface area contributed by atoms with E-state index in [2.05, 4.69) is 21.2 Å². The smallest absolute Gasteiger partial charge is 0.222 e. The molecule has 1 aliphatic heterocycles. The molecule has 0 aromatic heterocycles. The van der Waals surface area contributed by atoms with Crippen molar-refractivity contribution in [1.82, 2.24) is 5.32 Å². The number of rotatable bonds is 1. The quantitative estimate of drug-likeness (QED) is 0.773. The zero-order chi connectivity index (χ0) is 9.42. The molecule has 1 aromatic rings. The molecule has 1 amide bonds. The van der Waals surface area contributed by atoms with Crippen LogP contribution < -0.4 is 5.32 Å². The molecule has 68 valence electrons. The summed E-state index contributed by atoms with van der Waals surface area (Å²) in [7, 11) is 0. The van der Waals surface area contributed by atoms with Crippen LogP contribution in [0.25, 0.3) is 0 Å². The molecule has 0 spiro atoms. The largest absolute Gasteiger partial charge is 0.349 e. The van der Waals surface area contributed by atoms with Crippen LogP contribution in [-0.4, -0.2) is 5.91 Å². The van der Waals surface area contributed by atoms with Gasteiger partial charge in [-0.15, -0.1) is 0 Å². The molecule has 13 heavy (non-hydrogen) atoms. The molecule has 2 rings (SSSR count). The van der Waals surface area contributed by atoms with Gasteiger partial charge in [0.2, 0.25) is 5.91 Å². The first-order valence-corrected chi connectivity index (χ1v) is 5.08. The van der Waals surface area contributed by atoms with Crippen molar-refractivity contribution in [3.8, 4) is 0 Å². The van der Waals surface area contributed by atoms with E-state index in [1.54, 1.807) is 0 Å². The molecule has 0 aliphatic carbocycles. The zero-order valence-corrected chi connectivity index (χ0v) is 9.02. The molecular weight excluding hydrogens is 253 g/mol. The van der Waals surface area contributed by atoms with Gasteiger partial charge in [-0.25, -0.2) is 0 Å². The summed E-state index contributed by atoms with van der Waals surface area (Å²) in [6, 6.07) is 5.79. The number of β-lactam (4-membered cyclic amide) rings is 1. The van der Waals surface area contributed by atoms with Gasteiger partial charge >= 0.3 is 0 Å². The first kappa shape index (κ1) is 9.03. The molecule has 1 atom stereocenters. The van der Waals surface area contributed by atoms with E-state index in [1.807, 2.05) is 18.2 Å². The lowest BCUT2D eigenvalue weighted by atomic mass is 9.97. The molecule has 1 fully saturated rings. The zero-order valence-electron chi connectivity index (χ0n) is 6.68. The highest BCUT2D eigenvalue weighted by Crippen LogP contribution is 2.31. The topological polar surface area (TPSA) is 29.1 Å². The SMILES string of the molecule is O=C1CC(c2ccc(Br)cc2Cl)N1. The van der Waals surface area contributed by atoms with Gasteiger partial charge in [0.1, 0.15) is 0 Å². The molecule has 0 radical (unpaired) electrons. The van der Waals surface area contributed by atoms with E-state index < -0.39 is 0 Å². The van der Waals surface area contributed by atoms with Crippen molar-refractivity contribution < 1.29 is 4.79 Å². The van der Waals surface area contributed by atoms with Crippen LogP contribution in [0.4, 0.5) is 0 Å². The van der Waals surface area contributed by atoms with Crippen LogP contribution in [0, 0.1) is 0 Å². The average molecular weight is 261 g/mol. The molecule has 2 nitrogen and oxygen atoms in total. The fourth-order valence-electron chi connectivity index (χ4n) is 1.33. The van der Waals surface area contributed by atoms with Gasteiger partial charge in [0.05, 0.1) is 12.5 Å². The summed E-state index contributed by atoms with van der Waals surface area (Å²) in [6.07, 6.45) is 0.543. The van der Waals surface area contributed by atoms with Crippen LogP contribution in [0.5, 0.6) is 0 Å². The predicted molar refractivity (Wildman–Crippen MR) is 54.7 cm³/mol. The highest BCUT2D eigenvalue weighted by Gasteiger charge is 2.28. The van der Waals surface area contributed by atoms with Crippen molar-refractivity contribution in [1.29, 1.82) is 0 Å². The second-order valence-electron chi connectivity index (χ2n) is 2.99. The first-order valence-electron chi connectivity index (χ1n) is 3.91. The monoisotopic (exact) mass is 259 g/mol. The third-order valence-corrected chi connectivity index (χ3v) is 2.88. The second kappa shape index (κ2) is 3.31. The van der Waals surface area contributed by atoms with E-state index in [1.165, 1.54) is 0 Å². The molecule has 1 aromatic carbocycles. The third-order valence-electron chi connectivity index (χ3n) is 2.06. The van der Waals surface area contributed by atoms with Crippen molar-refractivity contribution >= 4 is 33.4 Å². The fraction of sp³-hybridized carbons (Fsp3) is 0.222. The number of halogens is 2. The van der Waals surface area contributed by atoms with Gasteiger partial charge in [-0.1, -0.05) is 33.6 Å². The Balaban J connectivity index is 2.26. The van der Waals surface area contributed by atoms with Gasteiger partial charge < -0.3 is 5.32 Å². The molecule has 1 N–H and O–H groups in total. The van der Waals surface area contributed by atoms with Gasteiger partial charge in [0, 0.05) is 9.50 Å². The van der Waals surface area contributed by atoms with Crippen LogP contribution in [-0.2, 0) is 4.79 Å². The van der Waals surface area contributed by atoms with E-state index in [9.17, 15) is 4.79 Å². The maximum Gasteiger partial charge on any atom is 0.222 e. The summed E-state index contributed by atoms with van der Waals surface area (Å²) in [5.41, 5.74) is 0.990. The van der Waals surface area contributed by atoms with Gasteiger partial charge in [-0.3, -0.25) is 4.79 Å². The van der Waals surface area contributed by atoms with Gasteiger partial charge in [-0.05, 0) is 17.7 Å². The summed E-state index contributed by atoms with van der Waals surface area (Å²) in [5.74, 6) is 0.0870. The Morgan fingerprint density at radius 1 is 1.54 bits per heavy atom. The Labute approximate surface area is 89.4 Å². The van der Waals surface area contributed by atoms with Crippen LogP contribution in [0.2, 0.25) is 5.02 Å². The Morgan fingerprint density at radius 2 is 2.23 bits per heavy atom. The molecule has 1 aliphatic rings. The summed E-state index contributed by atoms with van der Waals surface area (Å²) in [5, 5.41) is 3.47. The molecular formula is C9H7BrClNO. The summed E-state index contributed by atoms with van der Waals surface area (Å²) in [6.45, 7) is 0. The minimum atomic E-state index is 0.0870. The van der Waals surface area contributed by atoms with Crippen molar-refractivity contribution in [3.63, 3.8) is 0 Å². The van der Waals surface area contributed by atoms with E-state index in [0.29, 0.717) is 11.4 Å². The number of hydrogen-bond acceptors (Lipinski definition) is 1. The Kier molecular flexibility index (Phi) is 2.30. The second-order valence-corrected chi connectivity index (χ2v) is 4.31. The lowest BCUT2D eigenvalue weighted by Gasteiger charge is -2.27. The van der Waals surface area contributed by atoms with Crippen molar-refractivity contribution in [2.45, 2.75) is 12.5 Å². The minimum Gasteiger partial charge on any atom is -0.349 e. The number of amides is 1. The first-order chi connectivity index (χ1) is 6.16. The van der Waals surface area contributed by atoms with E-state index in [-0.39, 0.29) is 11.9 Å². The molecule has 0 bridgehead atoms. The van der Waals surface area contributed by atoms with Crippen LogP contribution in [0.3, 0.4) is 0 Å². The van der Waals surface area contributed by atoms with E-state index in [0.717, 1.165) is 10.0 Å². The summed E-state index contributed by atoms with van der Waals surface area (Å²) in [4.78, 5) is 10.7. The third kappa shape index (κ3) is 1.71. The highest BCUT2D eigenvalue weighted by atomic mass is 79.9. The fourth-order valence-corrected chi connectivity index (χ4v) is 2.14. The number of carbonyl (C=O) groups excluding carboxylic acids is 1. The van der Waals surface area contributed by atoms with Crippen LogP contribution >= 0.6 is 27.5 Å². The van der Waals surface area contributed by atoms with Gasteiger partial charge in [0.25, 0.3) is 0 Å². The Hall–Kier alpha value is -0.540. The number of hydrogen-bond donors (Lipinski definition) is 1. The molecule has 4 heteroatoms. The average Bonchev–Trinajstić information content (AvgIpc) is 2.00. The predicted octanol–water partition coefficient (Wildman–Crippen LogP) is 2.66. The van der Waals surface area contributed by atoms with Crippen molar-refractivity contribution in [3.05, 3.63) is 33.3 Å². The van der Waals surface area contributed by atoms with E-state index in [4.69, 9.17) is 11.6 Å². The maximum atomic E-state index is 10.7. The molecule has 0 saturated carbocycles. The molecule has 1 heterocycles. The summed E-state index contributed by atoms with van der Waals surface area (Å²) >= 11 is 9.33.